The molecule has 0 aliphatic carbocycles. The van der Waals surface area contributed by atoms with Gasteiger partial charge in [0.15, 0.2) is 0 Å². The van der Waals surface area contributed by atoms with Crippen molar-refractivity contribution < 1.29 is 0 Å². The minimum absolute atomic E-state index is 0.476. The van der Waals surface area contributed by atoms with Crippen LogP contribution in [0.4, 0.5) is 5.69 Å². The van der Waals surface area contributed by atoms with E-state index in [1.807, 2.05) is 36.4 Å². The predicted octanol–water partition coefficient (Wildman–Crippen LogP) is 3.27. The van der Waals surface area contributed by atoms with Crippen LogP contribution in [0.2, 0.25) is 0 Å². The zero-order valence-electron chi connectivity index (χ0n) is 12.0. The van der Waals surface area contributed by atoms with Crippen molar-refractivity contribution in [3.05, 3.63) is 66.2 Å². The molecule has 106 valence electrons. The maximum absolute atomic E-state index is 9.62. The lowest BCUT2D eigenvalue weighted by molar-refractivity contribution is 0.321. The van der Waals surface area contributed by atoms with Crippen molar-refractivity contribution in [2.45, 2.75) is 18.5 Å². The second kappa shape index (κ2) is 5.99. The van der Waals surface area contributed by atoms with Crippen LogP contribution in [0.1, 0.15) is 12.0 Å². The van der Waals surface area contributed by atoms with E-state index in [0.29, 0.717) is 0 Å². The molecule has 0 aromatic heterocycles. The summed E-state index contributed by atoms with van der Waals surface area (Å²) in [6.45, 7) is 2.61. The zero-order chi connectivity index (χ0) is 14.5. The normalized spacial score (nSPS) is 21.9. The number of hydrogen-bond donors (Lipinski definition) is 1. The van der Waals surface area contributed by atoms with Gasteiger partial charge in [0, 0.05) is 25.3 Å². The van der Waals surface area contributed by atoms with E-state index in [-0.39, 0.29) is 0 Å². The number of hydrogen-bond acceptors (Lipinski definition) is 3. The van der Waals surface area contributed by atoms with Crippen molar-refractivity contribution in [3.8, 4) is 6.07 Å². The average Bonchev–Trinajstić information content (AvgIpc) is 2.93. The molecule has 3 heteroatoms. The Morgan fingerprint density at radius 2 is 1.71 bits per heavy atom. The first-order chi connectivity index (χ1) is 10.3. The smallest absolute Gasteiger partial charge is 0.139 e. The molecule has 0 spiro atoms. The monoisotopic (exact) mass is 277 g/mol. The van der Waals surface area contributed by atoms with Crippen LogP contribution in [0.15, 0.2) is 60.7 Å². The van der Waals surface area contributed by atoms with Crippen LogP contribution in [-0.2, 0) is 6.54 Å². The highest BCUT2D eigenvalue weighted by atomic mass is 15.2. The average molecular weight is 277 g/mol. The van der Waals surface area contributed by atoms with E-state index in [4.69, 9.17) is 0 Å². The van der Waals surface area contributed by atoms with Gasteiger partial charge in [-0.1, -0.05) is 48.5 Å². The maximum Gasteiger partial charge on any atom is 0.139 e. The van der Waals surface area contributed by atoms with E-state index in [1.54, 1.807) is 0 Å². The van der Waals surface area contributed by atoms with E-state index in [2.05, 4.69) is 40.6 Å². The summed E-state index contributed by atoms with van der Waals surface area (Å²) in [5.74, 6) is 0. The zero-order valence-corrected chi connectivity index (χ0v) is 12.0. The third-order valence-corrected chi connectivity index (χ3v) is 3.97. The molecule has 0 bridgehead atoms. The highest BCUT2D eigenvalue weighted by Crippen LogP contribution is 2.26. The number of para-hydroxylation sites is 1. The number of nitrogens with one attached hydrogen (secondary N) is 1. The topological polar surface area (TPSA) is 39.1 Å². The lowest BCUT2D eigenvalue weighted by Crippen LogP contribution is -2.39. The summed E-state index contributed by atoms with van der Waals surface area (Å²) in [6, 6.07) is 22.9. The van der Waals surface area contributed by atoms with Crippen LogP contribution in [0.5, 0.6) is 0 Å². The van der Waals surface area contributed by atoms with Gasteiger partial charge >= 0.3 is 0 Å². The summed E-state index contributed by atoms with van der Waals surface area (Å²) >= 11 is 0. The highest BCUT2D eigenvalue weighted by Gasteiger charge is 2.38. The molecule has 1 N–H and O–H groups in total. The summed E-state index contributed by atoms with van der Waals surface area (Å²) in [5.41, 5.74) is 1.84. The highest BCUT2D eigenvalue weighted by molar-refractivity contribution is 5.48. The molecule has 1 heterocycles. The molecule has 2 aromatic carbocycles. The molecule has 1 unspecified atom stereocenters. The quantitative estimate of drug-likeness (QED) is 0.932. The van der Waals surface area contributed by atoms with E-state index in [1.165, 1.54) is 5.56 Å². The molecule has 2 aromatic rings. The molecule has 0 saturated carbocycles. The van der Waals surface area contributed by atoms with Crippen molar-refractivity contribution in [3.63, 3.8) is 0 Å². The van der Waals surface area contributed by atoms with E-state index in [9.17, 15) is 5.26 Å². The first-order valence-corrected chi connectivity index (χ1v) is 7.30. The fourth-order valence-electron chi connectivity index (χ4n) is 2.88. The fourth-order valence-corrected chi connectivity index (χ4v) is 2.88. The molecule has 0 radical (unpaired) electrons. The van der Waals surface area contributed by atoms with Crippen molar-refractivity contribution >= 4 is 5.69 Å². The van der Waals surface area contributed by atoms with Gasteiger partial charge in [0.25, 0.3) is 0 Å². The van der Waals surface area contributed by atoms with Crippen molar-refractivity contribution in [1.82, 2.24) is 4.90 Å². The third-order valence-electron chi connectivity index (χ3n) is 3.97. The third kappa shape index (κ3) is 3.24. The number of nitriles is 1. The first-order valence-electron chi connectivity index (χ1n) is 7.30. The molecule has 1 saturated heterocycles. The lowest BCUT2D eigenvalue weighted by atomic mass is 10.0. The van der Waals surface area contributed by atoms with Gasteiger partial charge in [-0.05, 0) is 24.1 Å². The SMILES string of the molecule is N#CC1(Nc2ccccc2)CCN(Cc2ccccc2)C1. The molecular weight excluding hydrogens is 258 g/mol. The molecule has 1 fully saturated rings. The van der Waals surface area contributed by atoms with E-state index < -0.39 is 5.54 Å². The molecule has 1 atom stereocenters. The van der Waals surface area contributed by atoms with Crippen molar-refractivity contribution in [2.24, 2.45) is 0 Å². The fraction of sp³-hybridized carbons (Fsp3) is 0.278. The van der Waals surface area contributed by atoms with Gasteiger partial charge in [0.2, 0.25) is 0 Å². The first kappa shape index (κ1) is 13.7. The van der Waals surface area contributed by atoms with Crippen LogP contribution in [0.25, 0.3) is 0 Å². The molecule has 21 heavy (non-hydrogen) atoms. The Labute approximate surface area is 125 Å². The Hall–Kier alpha value is -2.31. The summed E-state index contributed by atoms with van der Waals surface area (Å²) in [5, 5.41) is 13.0. The molecule has 3 rings (SSSR count). The van der Waals surface area contributed by atoms with Gasteiger partial charge in [0.05, 0.1) is 6.07 Å². The number of benzene rings is 2. The molecule has 0 amide bonds. The van der Waals surface area contributed by atoms with Gasteiger partial charge in [-0.2, -0.15) is 5.26 Å². The Morgan fingerprint density at radius 3 is 2.38 bits per heavy atom. The number of nitrogens with zero attached hydrogens (tertiary/aromatic N) is 2. The van der Waals surface area contributed by atoms with E-state index in [0.717, 1.165) is 31.7 Å². The Bertz CT molecular complexity index is 618. The lowest BCUT2D eigenvalue weighted by Gasteiger charge is -2.24. The van der Waals surface area contributed by atoms with Crippen molar-refractivity contribution in [1.29, 1.82) is 5.26 Å². The minimum Gasteiger partial charge on any atom is -0.366 e. The second-order valence-electron chi connectivity index (χ2n) is 5.63. The number of likely N-dealkylation sites (tertiary alicyclic amines) is 1. The van der Waals surface area contributed by atoms with Gasteiger partial charge in [-0.15, -0.1) is 0 Å². The van der Waals surface area contributed by atoms with Gasteiger partial charge < -0.3 is 5.32 Å². The molecule has 3 nitrogen and oxygen atoms in total. The van der Waals surface area contributed by atoms with Crippen LogP contribution < -0.4 is 5.32 Å². The standard InChI is InChI=1S/C18H19N3/c19-14-18(20-17-9-5-2-6-10-17)11-12-21(15-18)13-16-7-3-1-4-8-16/h1-10,20H,11-13,15H2. The Balaban J connectivity index is 1.67. The largest absolute Gasteiger partial charge is 0.366 e. The molecule has 1 aliphatic heterocycles. The van der Waals surface area contributed by atoms with Crippen molar-refractivity contribution in [2.75, 3.05) is 18.4 Å². The van der Waals surface area contributed by atoms with Gasteiger partial charge in [-0.3, -0.25) is 4.90 Å². The van der Waals surface area contributed by atoms with Crippen LogP contribution >= 0.6 is 0 Å². The Morgan fingerprint density at radius 1 is 1.05 bits per heavy atom. The van der Waals surface area contributed by atoms with Gasteiger partial charge in [-0.25, -0.2) is 0 Å². The predicted molar refractivity (Wildman–Crippen MR) is 84.7 cm³/mol. The molecular formula is C18H19N3. The van der Waals surface area contributed by atoms with Crippen LogP contribution in [0.3, 0.4) is 0 Å². The Kier molecular flexibility index (Phi) is 3.89. The summed E-state index contributed by atoms with van der Waals surface area (Å²) in [6.07, 6.45) is 0.852. The number of anilines is 1. The summed E-state index contributed by atoms with van der Waals surface area (Å²) in [7, 11) is 0. The van der Waals surface area contributed by atoms with Gasteiger partial charge in [0.1, 0.15) is 5.54 Å². The second-order valence-corrected chi connectivity index (χ2v) is 5.63. The van der Waals surface area contributed by atoms with E-state index >= 15 is 0 Å². The van der Waals surface area contributed by atoms with Crippen LogP contribution in [-0.4, -0.2) is 23.5 Å². The minimum atomic E-state index is -0.476. The summed E-state index contributed by atoms with van der Waals surface area (Å²) in [4.78, 5) is 2.34. The number of rotatable bonds is 4. The maximum atomic E-state index is 9.62. The molecule has 1 aliphatic rings. The van der Waals surface area contributed by atoms with Crippen LogP contribution in [0, 0.1) is 11.3 Å². The summed E-state index contributed by atoms with van der Waals surface area (Å²) < 4.78 is 0.